The van der Waals surface area contributed by atoms with E-state index in [0.717, 1.165) is 22.2 Å². The van der Waals surface area contributed by atoms with E-state index in [1.165, 1.54) is 11.3 Å². The molecule has 3 aromatic rings. The zero-order chi connectivity index (χ0) is 15.4. The Hall–Kier alpha value is -1.93. The average Bonchev–Trinajstić information content (AvgIpc) is 3.09. The van der Waals surface area contributed by atoms with Gasteiger partial charge in [-0.15, -0.1) is 5.10 Å². The van der Waals surface area contributed by atoms with Crippen LogP contribution in [0.25, 0.3) is 0 Å². The van der Waals surface area contributed by atoms with E-state index in [4.69, 9.17) is 0 Å². The molecule has 0 bridgehead atoms. The molecule has 0 spiro atoms. The molecule has 2 aromatic heterocycles. The molecular weight excluding hydrogens is 318 g/mol. The molecule has 2 heterocycles. The molecule has 0 unspecified atom stereocenters. The van der Waals surface area contributed by atoms with Crippen LogP contribution in [0.4, 0.5) is 0 Å². The number of nitrogens with zero attached hydrogens (tertiary/aromatic N) is 5. The summed E-state index contributed by atoms with van der Waals surface area (Å²) in [5, 5.41) is 14.5. The molecule has 0 radical (unpaired) electrons. The number of thioether (sulfide) groups is 1. The van der Waals surface area contributed by atoms with Crippen LogP contribution in [0, 0.1) is 6.92 Å². The SMILES string of the molecule is Cc1csc(=O)n1CCSc1nnnn1Cc1ccccc1. The molecule has 1 aromatic carbocycles. The molecule has 0 saturated heterocycles. The van der Waals surface area contributed by atoms with E-state index in [9.17, 15) is 4.79 Å². The lowest BCUT2D eigenvalue weighted by molar-refractivity contribution is 0.602. The van der Waals surface area contributed by atoms with Crippen molar-refractivity contribution in [3.8, 4) is 0 Å². The van der Waals surface area contributed by atoms with Crippen molar-refractivity contribution in [2.45, 2.75) is 25.2 Å². The number of aromatic nitrogens is 5. The average molecular weight is 333 g/mol. The van der Waals surface area contributed by atoms with Crippen molar-refractivity contribution in [2.75, 3.05) is 5.75 Å². The second-order valence-electron chi connectivity index (χ2n) is 4.75. The molecule has 0 fully saturated rings. The zero-order valence-electron chi connectivity index (χ0n) is 12.0. The molecule has 0 atom stereocenters. The van der Waals surface area contributed by atoms with Gasteiger partial charge in [0.2, 0.25) is 5.16 Å². The van der Waals surface area contributed by atoms with E-state index < -0.39 is 0 Å². The van der Waals surface area contributed by atoms with E-state index in [1.807, 2.05) is 42.6 Å². The van der Waals surface area contributed by atoms with Gasteiger partial charge in [0.15, 0.2) is 0 Å². The van der Waals surface area contributed by atoms with Crippen molar-refractivity contribution >= 4 is 23.1 Å². The van der Waals surface area contributed by atoms with Crippen molar-refractivity contribution in [1.82, 2.24) is 24.8 Å². The molecule has 0 amide bonds. The molecule has 0 N–H and O–H groups in total. The Morgan fingerprint density at radius 1 is 1.27 bits per heavy atom. The standard InChI is InChI=1S/C14H15N5OS2/c1-11-10-22-14(20)18(11)7-8-21-13-15-16-17-19(13)9-12-5-3-2-4-6-12/h2-6,10H,7-9H2,1H3. The second-order valence-corrected chi connectivity index (χ2v) is 6.63. The van der Waals surface area contributed by atoms with E-state index in [1.54, 1.807) is 21.0 Å². The van der Waals surface area contributed by atoms with Crippen molar-refractivity contribution in [2.24, 2.45) is 0 Å². The Balaban J connectivity index is 1.62. The van der Waals surface area contributed by atoms with Gasteiger partial charge in [-0.1, -0.05) is 53.4 Å². The molecule has 0 aliphatic rings. The highest BCUT2D eigenvalue weighted by atomic mass is 32.2. The van der Waals surface area contributed by atoms with Gasteiger partial charge < -0.3 is 4.57 Å². The predicted octanol–water partition coefficient (Wildman–Crippen LogP) is 2.05. The van der Waals surface area contributed by atoms with Crippen molar-refractivity contribution in [3.63, 3.8) is 0 Å². The fraction of sp³-hybridized carbons (Fsp3) is 0.286. The Kier molecular flexibility index (Phi) is 4.69. The van der Waals surface area contributed by atoms with Crippen LogP contribution in [0.2, 0.25) is 0 Å². The van der Waals surface area contributed by atoms with Crippen LogP contribution < -0.4 is 4.87 Å². The van der Waals surface area contributed by atoms with Crippen LogP contribution in [0.3, 0.4) is 0 Å². The number of aryl methyl sites for hydroxylation is 1. The van der Waals surface area contributed by atoms with Gasteiger partial charge in [0.25, 0.3) is 0 Å². The lowest BCUT2D eigenvalue weighted by Gasteiger charge is -2.05. The molecule has 114 valence electrons. The highest BCUT2D eigenvalue weighted by Gasteiger charge is 2.08. The van der Waals surface area contributed by atoms with Crippen LogP contribution in [0.5, 0.6) is 0 Å². The minimum atomic E-state index is 0.0852. The summed E-state index contributed by atoms with van der Waals surface area (Å²) >= 11 is 2.80. The monoisotopic (exact) mass is 333 g/mol. The minimum Gasteiger partial charge on any atom is -0.303 e. The number of tetrazole rings is 1. The van der Waals surface area contributed by atoms with Gasteiger partial charge in [0.1, 0.15) is 0 Å². The number of rotatable bonds is 6. The third-order valence-corrected chi connectivity index (χ3v) is 5.01. The molecule has 0 aliphatic carbocycles. The Morgan fingerprint density at radius 2 is 2.09 bits per heavy atom. The highest BCUT2D eigenvalue weighted by molar-refractivity contribution is 7.99. The summed E-state index contributed by atoms with van der Waals surface area (Å²) < 4.78 is 3.56. The third-order valence-electron chi connectivity index (χ3n) is 3.20. The van der Waals surface area contributed by atoms with E-state index >= 15 is 0 Å². The molecule has 0 aliphatic heterocycles. The van der Waals surface area contributed by atoms with Gasteiger partial charge in [0.05, 0.1) is 6.54 Å². The fourth-order valence-corrected chi connectivity index (χ4v) is 3.62. The molecule has 8 heteroatoms. The van der Waals surface area contributed by atoms with Crippen molar-refractivity contribution in [3.05, 3.63) is 56.6 Å². The van der Waals surface area contributed by atoms with Gasteiger partial charge in [-0.2, -0.15) is 0 Å². The largest absolute Gasteiger partial charge is 0.307 e. The van der Waals surface area contributed by atoms with E-state index in [-0.39, 0.29) is 4.87 Å². The van der Waals surface area contributed by atoms with Crippen molar-refractivity contribution < 1.29 is 0 Å². The number of thiazole rings is 1. The second kappa shape index (κ2) is 6.89. The van der Waals surface area contributed by atoms with Gasteiger partial charge in [-0.25, -0.2) is 4.68 Å². The van der Waals surface area contributed by atoms with E-state index in [2.05, 4.69) is 15.5 Å². The Labute approximate surface area is 135 Å². The summed E-state index contributed by atoms with van der Waals surface area (Å²) in [6.45, 7) is 3.26. The summed E-state index contributed by atoms with van der Waals surface area (Å²) in [6, 6.07) is 10.1. The summed E-state index contributed by atoms with van der Waals surface area (Å²) in [4.78, 5) is 11.8. The van der Waals surface area contributed by atoms with Gasteiger partial charge in [0, 0.05) is 23.4 Å². The highest BCUT2D eigenvalue weighted by Crippen LogP contribution is 2.15. The van der Waals surface area contributed by atoms with Crippen LogP contribution >= 0.6 is 23.1 Å². The lowest BCUT2D eigenvalue weighted by atomic mass is 10.2. The normalized spacial score (nSPS) is 11.0. The van der Waals surface area contributed by atoms with Crippen LogP contribution in [-0.2, 0) is 13.1 Å². The summed E-state index contributed by atoms with van der Waals surface area (Å²) in [5.74, 6) is 0.757. The van der Waals surface area contributed by atoms with E-state index in [0.29, 0.717) is 13.1 Å². The quantitative estimate of drug-likeness (QED) is 0.646. The maximum absolute atomic E-state index is 11.7. The first-order valence-corrected chi connectivity index (χ1v) is 8.68. The maximum atomic E-state index is 11.7. The van der Waals surface area contributed by atoms with Gasteiger partial charge in [-0.05, 0) is 22.9 Å². The summed E-state index contributed by atoms with van der Waals surface area (Å²) in [6.07, 6.45) is 0. The molecule has 6 nitrogen and oxygen atoms in total. The van der Waals surface area contributed by atoms with Crippen LogP contribution in [0.15, 0.2) is 45.7 Å². The summed E-state index contributed by atoms with van der Waals surface area (Å²) in [7, 11) is 0. The van der Waals surface area contributed by atoms with Crippen LogP contribution in [0.1, 0.15) is 11.3 Å². The smallest absolute Gasteiger partial charge is 0.303 e. The Bertz CT molecular complexity index is 793. The zero-order valence-corrected chi connectivity index (χ0v) is 13.7. The third kappa shape index (κ3) is 3.45. The number of hydrogen-bond donors (Lipinski definition) is 0. The molecule has 0 saturated carbocycles. The Morgan fingerprint density at radius 3 is 2.82 bits per heavy atom. The minimum absolute atomic E-state index is 0.0852. The maximum Gasteiger partial charge on any atom is 0.307 e. The first-order valence-electron chi connectivity index (χ1n) is 6.82. The van der Waals surface area contributed by atoms with Crippen LogP contribution in [-0.4, -0.2) is 30.5 Å². The number of benzene rings is 1. The molecule has 3 rings (SSSR count). The molecular formula is C14H15N5OS2. The first-order chi connectivity index (χ1) is 10.7. The first kappa shape index (κ1) is 15.0. The fourth-order valence-electron chi connectivity index (χ4n) is 2.06. The number of hydrogen-bond acceptors (Lipinski definition) is 6. The van der Waals surface area contributed by atoms with Gasteiger partial charge in [-0.3, -0.25) is 4.79 Å². The summed E-state index contributed by atoms with van der Waals surface area (Å²) in [5.41, 5.74) is 2.15. The topological polar surface area (TPSA) is 65.6 Å². The molecule has 22 heavy (non-hydrogen) atoms. The van der Waals surface area contributed by atoms with Crippen molar-refractivity contribution in [1.29, 1.82) is 0 Å². The predicted molar refractivity (Wildman–Crippen MR) is 87.4 cm³/mol. The lowest BCUT2D eigenvalue weighted by Crippen LogP contribution is -2.16. The van der Waals surface area contributed by atoms with Gasteiger partial charge >= 0.3 is 4.87 Å².